The fourth-order valence-corrected chi connectivity index (χ4v) is 6.73. The molecule has 5 rings (SSSR count). The number of anilines is 1. The van der Waals surface area contributed by atoms with Crippen molar-refractivity contribution in [1.29, 1.82) is 0 Å². The van der Waals surface area contributed by atoms with Crippen molar-refractivity contribution in [3.05, 3.63) is 81.7 Å². The van der Waals surface area contributed by atoms with Crippen molar-refractivity contribution in [2.45, 2.75) is 50.4 Å². The number of hydrogen-bond acceptors (Lipinski definition) is 6. The molecule has 1 aliphatic heterocycles. The van der Waals surface area contributed by atoms with E-state index in [2.05, 4.69) is 17.2 Å². The number of halogens is 1. The van der Waals surface area contributed by atoms with Gasteiger partial charge in [-0.3, -0.25) is 4.79 Å². The number of benzene rings is 2. The number of hydrogen-bond donors (Lipinski definition) is 0. The van der Waals surface area contributed by atoms with Crippen molar-refractivity contribution in [2.75, 3.05) is 31.1 Å². The lowest BCUT2D eigenvalue weighted by Gasteiger charge is -2.36. The highest BCUT2D eigenvalue weighted by atomic mass is 35.5. The summed E-state index contributed by atoms with van der Waals surface area (Å²) in [5.41, 5.74) is 2.08. The molecular formula is C28H33ClN4O4S. The third kappa shape index (κ3) is 5.46. The van der Waals surface area contributed by atoms with Gasteiger partial charge in [0.1, 0.15) is 5.69 Å². The van der Waals surface area contributed by atoms with E-state index >= 15 is 0 Å². The average molecular weight is 557 g/mol. The topological polar surface area (TPSA) is 84.7 Å². The lowest BCUT2D eigenvalue weighted by Crippen LogP contribution is -2.50. The van der Waals surface area contributed by atoms with Crippen molar-refractivity contribution in [2.24, 2.45) is 0 Å². The van der Waals surface area contributed by atoms with Crippen LogP contribution in [0.2, 0.25) is 5.02 Å². The molecule has 2 fully saturated rings. The van der Waals surface area contributed by atoms with E-state index in [1.54, 1.807) is 44.3 Å². The standard InChI is InChI=1S/C28H33ClN4O4S/c1-20(2)38(35,36)32-15-13-31(14-16-32)26-19-30-33(24-10-6-9-23(29)18-24)28(34)27(26)37-25-12-11-22(17-25)21-7-4-3-5-8-21/h3-10,18-20,22,25H,11-17H2,1-2H3. The summed E-state index contributed by atoms with van der Waals surface area (Å²) in [6, 6.07) is 17.4. The molecule has 202 valence electrons. The highest BCUT2D eigenvalue weighted by molar-refractivity contribution is 7.89. The molecule has 1 aliphatic carbocycles. The van der Waals surface area contributed by atoms with Gasteiger partial charge in [-0.15, -0.1) is 0 Å². The first-order valence-corrected chi connectivity index (χ1v) is 15.0. The van der Waals surface area contributed by atoms with E-state index in [4.69, 9.17) is 16.3 Å². The van der Waals surface area contributed by atoms with Crippen molar-refractivity contribution < 1.29 is 13.2 Å². The van der Waals surface area contributed by atoms with E-state index in [9.17, 15) is 13.2 Å². The molecule has 0 amide bonds. The van der Waals surface area contributed by atoms with E-state index in [0.717, 1.165) is 19.3 Å². The summed E-state index contributed by atoms with van der Waals surface area (Å²) >= 11 is 6.19. The highest BCUT2D eigenvalue weighted by Gasteiger charge is 2.33. The molecule has 2 heterocycles. The van der Waals surface area contributed by atoms with Crippen LogP contribution in [0.3, 0.4) is 0 Å². The predicted molar refractivity (Wildman–Crippen MR) is 150 cm³/mol. The number of aromatic nitrogens is 2. The number of nitrogens with zero attached hydrogens (tertiary/aromatic N) is 4. The number of sulfonamides is 1. The molecule has 1 aromatic heterocycles. The van der Waals surface area contributed by atoms with Crippen LogP contribution in [0.25, 0.3) is 5.69 Å². The fourth-order valence-electron chi connectivity index (χ4n) is 5.28. The Morgan fingerprint density at radius 2 is 1.74 bits per heavy atom. The Morgan fingerprint density at radius 1 is 1.00 bits per heavy atom. The number of piperazine rings is 1. The lowest BCUT2D eigenvalue weighted by atomic mass is 9.98. The summed E-state index contributed by atoms with van der Waals surface area (Å²) in [5.74, 6) is 0.630. The van der Waals surface area contributed by atoms with Gasteiger partial charge in [0, 0.05) is 31.2 Å². The first-order valence-electron chi connectivity index (χ1n) is 13.1. The van der Waals surface area contributed by atoms with Crippen LogP contribution in [-0.2, 0) is 10.0 Å². The normalized spacial score (nSPS) is 20.7. The second-order valence-electron chi connectivity index (χ2n) is 10.2. The fraction of sp³-hybridized carbons (Fsp3) is 0.429. The van der Waals surface area contributed by atoms with Gasteiger partial charge in [0.25, 0.3) is 0 Å². The molecule has 0 spiro atoms. The average Bonchev–Trinajstić information content (AvgIpc) is 3.39. The second kappa shape index (κ2) is 11.1. The Kier molecular flexibility index (Phi) is 7.79. The zero-order chi connectivity index (χ0) is 26.9. The first-order chi connectivity index (χ1) is 18.2. The Morgan fingerprint density at radius 3 is 2.42 bits per heavy atom. The third-order valence-corrected chi connectivity index (χ3v) is 9.95. The molecule has 1 saturated heterocycles. The van der Waals surface area contributed by atoms with Gasteiger partial charge in [-0.1, -0.05) is 48.0 Å². The molecule has 8 nitrogen and oxygen atoms in total. The minimum atomic E-state index is -3.34. The largest absolute Gasteiger partial charge is 0.483 e. The summed E-state index contributed by atoms with van der Waals surface area (Å²) in [4.78, 5) is 15.8. The van der Waals surface area contributed by atoms with Crippen molar-refractivity contribution in [3.63, 3.8) is 0 Å². The summed E-state index contributed by atoms with van der Waals surface area (Å²) in [6.45, 7) is 4.96. The number of rotatable bonds is 7. The van der Waals surface area contributed by atoms with Gasteiger partial charge in [0.15, 0.2) is 0 Å². The van der Waals surface area contributed by atoms with Gasteiger partial charge in [-0.05, 0) is 62.8 Å². The highest BCUT2D eigenvalue weighted by Crippen LogP contribution is 2.37. The smallest absolute Gasteiger partial charge is 0.316 e. The van der Waals surface area contributed by atoms with Crippen LogP contribution >= 0.6 is 11.6 Å². The minimum Gasteiger partial charge on any atom is -0.483 e. The maximum absolute atomic E-state index is 13.8. The molecule has 2 aromatic carbocycles. The summed E-state index contributed by atoms with van der Waals surface area (Å²) < 4.78 is 34.7. The summed E-state index contributed by atoms with van der Waals surface area (Å²) in [5, 5.41) is 4.48. The molecule has 0 bridgehead atoms. The molecule has 3 aromatic rings. The van der Waals surface area contributed by atoms with Gasteiger partial charge in [-0.2, -0.15) is 14.1 Å². The van der Waals surface area contributed by atoms with Crippen molar-refractivity contribution >= 4 is 27.3 Å². The molecule has 38 heavy (non-hydrogen) atoms. The van der Waals surface area contributed by atoms with E-state index in [1.165, 1.54) is 14.6 Å². The van der Waals surface area contributed by atoms with Gasteiger partial charge in [0.2, 0.25) is 15.8 Å². The summed E-state index contributed by atoms with van der Waals surface area (Å²) in [7, 11) is -3.34. The van der Waals surface area contributed by atoms with Crippen LogP contribution in [0.4, 0.5) is 5.69 Å². The van der Waals surface area contributed by atoms with Gasteiger partial charge >= 0.3 is 5.56 Å². The van der Waals surface area contributed by atoms with E-state index < -0.39 is 15.3 Å². The zero-order valence-electron chi connectivity index (χ0n) is 21.7. The zero-order valence-corrected chi connectivity index (χ0v) is 23.2. The van der Waals surface area contributed by atoms with E-state index in [1.807, 2.05) is 23.1 Å². The van der Waals surface area contributed by atoms with Gasteiger partial charge in [0.05, 0.1) is 23.2 Å². The maximum Gasteiger partial charge on any atom is 0.316 e. The Labute approximate surface area is 228 Å². The molecule has 1 saturated carbocycles. The van der Waals surface area contributed by atoms with Crippen molar-refractivity contribution in [1.82, 2.24) is 14.1 Å². The molecular weight excluding hydrogens is 524 g/mol. The SMILES string of the molecule is CC(C)S(=O)(=O)N1CCN(c2cnn(-c3cccc(Cl)c3)c(=O)c2OC2CCC(c3ccccc3)C2)CC1. The maximum atomic E-state index is 13.8. The quantitative estimate of drug-likeness (QED) is 0.427. The van der Waals surface area contributed by atoms with Gasteiger partial charge in [-0.25, -0.2) is 8.42 Å². The van der Waals surface area contributed by atoms with E-state index in [0.29, 0.717) is 48.5 Å². The third-order valence-electron chi connectivity index (χ3n) is 7.44. The van der Waals surface area contributed by atoms with Crippen LogP contribution in [0, 0.1) is 0 Å². The first kappa shape index (κ1) is 26.7. The molecule has 0 radical (unpaired) electrons. The predicted octanol–water partition coefficient (Wildman–Crippen LogP) is 4.46. The van der Waals surface area contributed by atoms with Crippen LogP contribution < -0.4 is 15.2 Å². The van der Waals surface area contributed by atoms with Crippen LogP contribution in [0.15, 0.2) is 65.6 Å². The number of ether oxygens (including phenoxy) is 1. The van der Waals surface area contributed by atoms with Gasteiger partial charge < -0.3 is 9.64 Å². The monoisotopic (exact) mass is 556 g/mol. The Hall–Kier alpha value is -2.88. The van der Waals surface area contributed by atoms with Crippen LogP contribution in [0.1, 0.15) is 44.6 Å². The van der Waals surface area contributed by atoms with E-state index in [-0.39, 0.29) is 17.4 Å². The molecule has 2 aliphatic rings. The Bertz CT molecular complexity index is 1440. The Balaban J connectivity index is 1.44. The van der Waals surface area contributed by atoms with Crippen LogP contribution in [0.5, 0.6) is 5.75 Å². The molecule has 2 unspecified atom stereocenters. The molecule has 2 atom stereocenters. The summed E-state index contributed by atoms with van der Waals surface area (Å²) in [6.07, 6.45) is 4.20. The van der Waals surface area contributed by atoms with Crippen molar-refractivity contribution in [3.8, 4) is 11.4 Å². The molecule has 10 heteroatoms. The minimum absolute atomic E-state index is 0.107. The lowest BCUT2D eigenvalue weighted by molar-refractivity contribution is 0.204. The molecule has 0 N–H and O–H groups in total. The second-order valence-corrected chi connectivity index (χ2v) is 13.1. The van der Waals surface area contributed by atoms with Crippen LogP contribution in [-0.4, -0.2) is 60.0 Å².